The minimum absolute atomic E-state index is 0.487. The van der Waals surface area contributed by atoms with Gasteiger partial charge in [-0.05, 0) is 27.7 Å². The highest BCUT2D eigenvalue weighted by Gasteiger charge is 2.45. The third-order valence-corrected chi connectivity index (χ3v) is 2.21. The molecule has 2 atom stereocenters. The minimum Gasteiger partial charge on any atom is -0.481 e. The highest BCUT2D eigenvalue weighted by molar-refractivity contribution is 5.82. The topological polar surface area (TPSA) is 78.4 Å². The molecule has 0 saturated carbocycles. The number of nitrogens with one attached hydrogen (secondary N) is 2. The van der Waals surface area contributed by atoms with E-state index in [4.69, 9.17) is 5.11 Å². The van der Waals surface area contributed by atoms with Crippen molar-refractivity contribution in [2.45, 2.75) is 45.5 Å². The van der Waals surface area contributed by atoms with Gasteiger partial charge in [0.15, 0.2) is 5.92 Å². The van der Waals surface area contributed by atoms with Crippen molar-refractivity contribution in [1.29, 1.82) is 0 Å². The summed E-state index contributed by atoms with van der Waals surface area (Å²) in [7, 11) is 0. The molecule has 112 valence electrons. The number of hydrogen-bond donors (Lipinski definition) is 3. The molecule has 19 heavy (non-hydrogen) atoms. The third-order valence-electron chi connectivity index (χ3n) is 2.21. The molecule has 0 aliphatic heterocycles. The van der Waals surface area contributed by atoms with Crippen LogP contribution in [0.2, 0.25) is 0 Å². The van der Waals surface area contributed by atoms with E-state index in [1.165, 1.54) is 6.92 Å². The molecule has 1 amide bonds. The van der Waals surface area contributed by atoms with Gasteiger partial charge in [0.25, 0.3) is 0 Å². The fraction of sp³-hybridized carbons (Fsp3) is 0.818. The SMILES string of the molecule is CC(NCC(C(=O)O)C(F)(F)F)C(=O)NC(C)(C)C. The van der Waals surface area contributed by atoms with Crippen LogP contribution in [0.4, 0.5) is 13.2 Å². The summed E-state index contributed by atoms with van der Waals surface area (Å²) in [5, 5.41) is 13.3. The van der Waals surface area contributed by atoms with Gasteiger partial charge in [-0.1, -0.05) is 0 Å². The van der Waals surface area contributed by atoms with Crippen LogP contribution in [-0.4, -0.2) is 41.3 Å². The molecule has 2 unspecified atom stereocenters. The summed E-state index contributed by atoms with van der Waals surface area (Å²) in [5.41, 5.74) is -0.511. The maximum Gasteiger partial charge on any atom is 0.403 e. The average molecular weight is 284 g/mol. The standard InChI is InChI=1S/C11H19F3N2O3/c1-6(8(17)16-10(2,3)4)15-5-7(9(18)19)11(12,13)14/h6-7,15H,5H2,1-4H3,(H,16,17)(H,18,19). The van der Waals surface area contributed by atoms with E-state index in [-0.39, 0.29) is 0 Å². The van der Waals surface area contributed by atoms with E-state index in [2.05, 4.69) is 10.6 Å². The molecule has 8 heteroatoms. The van der Waals surface area contributed by atoms with E-state index in [0.717, 1.165) is 0 Å². The summed E-state index contributed by atoms with van der Waals surface area (Å²) in [6.45, 7) is 5.71. The van der Waals surface area contributed by atoms with Crippen LogP contribution >= 0.6 is 0 Å². The number of aliphatic carboxylic acids is 1. The van der Waals surface area contributed by atoms with E-state index in [1.54, 1.807) is 20.8 Å². The number of carboxylic acids is 1. The molecule has 3 N–H and O–H groups in total. The second-order valence-corrected chi connectivity index (χ2v) is 5.30. The number of carbonyl (C=O) groups excluding carboxylic acids is 1. The Morgan fingerprint density at radius 2 is 1.68 bits per heavy atom. The lowest BCUT2D eigenvalue weighted by Gasteiger charge is -2.25. The van der Waals surface area contributed by atoms with Crippen LogP contribution in [0.25, 0.3) is 0 Å². The van der Waals surface area contributed by atoms with E-state index in [1.807, 2.05) is 0 Å². The van der Waals surface area contributed by atoms with Crippen LogP contribution in [-0.2, 0) is 9.59 Å². The zero-order valence-electron chi connectivity index (χ0n) is 11.3. The van der Waals surface area contributed by atoms with Crippen molar-refractivity contribution < 1.29 is 27.9 Å². The largest absolute Gasteiger partial charge is 0.481 e. The normalized spacial score (nSPS) is 15.7. The first-order valence-corrected chi connectivity index (χ1v) is 5.69. The molecule has 0 spiro atoms. The monoisotopic (exact) mass is 284 g/mol. The minimum atomic E-state index is -4.85. The highest BCUT2D eigenvalue weighted by Crippen LogP contribution is 2.25. The molecule has 0 bridgehead atoms. The fourth-order valence-corrected chi connectivity index (χ4v) is 1.21. The lowest BCUT2D eigenvalue weighted by atomic mass is 10.1. The van der Waals surface area contributed by atoms with Gasteiger partial charge in [0.2, 0.25) is 5.91 Å². The van der Waals surface area contributed by atoms with Crippen molar-refractivity contribution in [3.8, 4) is 0 Å². The number of rotatable bonds is 5. The summed E-state index contributed by atoms with van der Waals surface area (Å²) >= 11 is 0. The Hall–Kier alpha value is -1.31. The number of hydrogen-bond acceptors (Lipinski definition) is 3. The van der Waals surface area contributed by atoms with Crippen LogP contribution in [0.5, 0.6) is 0 Å². The fourth-order valence-electron chi connectivity index (χ4n) is 1.21. The molecule has 5 nitrogen and oxygen atoms in total. The molecule has 0 aromatic carbocycles. The molecule has 0 radical (unpaired) electrons. The van der Waals surface area contributed by atoms with E-state index in [9.17, 15) is 22.8 Å². The summed E-state index contributed by atoms with van der Waals surface area (Å²) < 4.78 is 37.1. The Morgan fingerprint density at radius 3 is 2.00 bits per heavy atom. The number of carboxylic acid groups (broad SMARTS) is 1. The maximum atomic E-state index is 12.4. The van der Waals surface area contributed by atoms with Crippen LogP contribution in [0.3, 0.4) is 0 Å². The van der Waals surface area contributed by atoms with Gasteiger partial charge < -0.3 is 15.7 Å². The zero-order chi connectivity index (χ0) is 15.4. The van der Waals surface area contributed by atoms with Gasteiger partial charge in [-0.25, -0.2) is 0 Å². The molecule has 0 heterocycles. The molecular formula is C11H19F3N2O3. The Labute approximate surface area is 109 Å². The van der Waals surface area contributed by atoms with Gasteiger partial charge >= 0.3 is 12.1 Å². The quantitative estimate of drug-likeness (QED) is 0.707. The van der Waals surface area contributed by atoms with E-state index < -0.39 is 42.1 Å². The predicted octanol–water partition coefficient (Wildman–Crippen LogP) is 1.14. The lowest BCUT2D eigenvalue weighted by Crippen LogP contribution is -2.51. The van der Waals surface area contributed by atoms with E-state index in [0.29, 0.717) is 0 Å². The van der Waals surface area contributed by atoms with Crippen molar-refractivity contribution in [1.82, 2.24) is 10.6 Å². The molecular weight excluding hydrogens is 265 g/mol. The Balaban J connectivity index is 4.46. The van der Waals surface area contributed by atoms with Gasteiger partial charge in [-0.3, -0.25) is 9.59 Å². The zero-order valence-corrected chi connectivity index (χ0v) is 11.3. The van der Waals surface area contributed by atoms with E-state index >= 15 is 0 Å². The Bertz CT molecular complexity index is 337. The van der Waals surface area contributed by atoms with Crippen molar-refractivity contribution >= 4 is 11.9 Å². The number of amides is 1. The number of alkyl halides is 3. The predicted molar refractivity (Wildman–Crippen MR) is 62.5 cm³/mol. The van der Waals surface area contributed by atoms with Crippen LogP contribution in [0, 0.1) is 5.92 Å². The Kier molecular flexibility index (Phi) is 5.80. The van der Waals surface area contributed by atoms with Crippen molar-refractivity contribution in [2.75, 3.05) is 6.54 Å². The van der Waals surface area contributed by atoms with Crippen molar-refractivity contribution in [2.24, 2.45) is 5.92 Å². The van der Waals surface area contributed by atoms with Crippen LogP contribution < -0.4 is 10.6 Å². The van der Waals surface area contributed by atoms with Crippen molar-refractivity contribution in [3.05, 3.63) is 0 Å². The molecule has 0 fully saturated rings. The first kappa shape index (κ1) is 17.7. The van der Waals surface area contributed by atoms with Crippen molar-refractivity contribution in [3.63, 3.8) is 0 Å². The molecule has 0 saturated heterocycles. The summed E-state index contributed by atoms with van der Waals surface area (Å²) in [6, 6.07) is -0.913. The van der Waals surface area contributed by atoms with Gasteiger partial charge in [-0.2, -0.15) is 13.2 Å². The Morgan fingerprint density at radius 1 is 1.21 bits per heavy atom. The summed E-state index contributed by atoms with van der Waals surface area (Å²) in [6.07, 6.45) is -4.85. The highest BCUT2D eigenvalue weighted by atomic mass is 19.4. The lowest BCUT2D eigenvalue weighted by molar-refractivity contribution is -0.192. The maximum absolute atomic E-state index is 12.4. The smallest absolute Gasteiger partial charge is 0.403 e. The summed E-state index contributed by atoms with van der Waals surface area (Å²) in [5.74, 6) is -4.99. The molecule has 0 aliphatic rings. The first-order valence-electron chi connectivity index (χ1n) is 5.69. The summed E-state index contributed by atoms with van der Waals surface area (Å²) in [4.78, 5) is 22.1. The molecule has 0 aromatic rings. The second kappa shape index (κ2) is 6.23. The third kappa shape index (κ3) is 7.00. The van der Waals surface area contributed by atoms with Gasteiger partial charge in [-0.15, -0.1) is 0 Å². The molecule has 0 aromatic heterocycles. The molecule has 0 aliphatic carbocycles. The van der Waals surface area contributed by atoms with Crippen LogP contribution in [0.15, 0.2) is 0 Å². The number of halogens is 3. The number of carbonyl (C=O) groups is 2. The molecule has 0 rings (SSSR count). The van der Waals surface area contributed by atoms with Gasteiger partial charge in [0, 0.05) is 12.1 Å². The average Bonchev–Trinajstić information content (AvgIpc) is 2.11. The van der Waals surface area contributed by atoms with Gasteiger partial charge in [0.05, 0.1) is 6.04 Å². The second-order valence-electron chi connectivity index (χ2n) is 5.30. The van der Waals surface area contributed by atoms with Gasteiger partial charge in [0.1, 0.15) is 0 Å². The van der Waals surface area contributed by atoms with Crippen LogP contribution in [0.1, 0.15) is 27.7 Å². The first-order chi connectivity index (χ1) is 8.34.